The molecule has 0 unspecified atom stereocenters. The van der Waals surface area contributed by atoms with Crippen molar-refractivity contribution in [1.29, 1.82) is 0 Å². The molecule has 98 valence electrons. The summed E-state index contributed by atoms with van der Waals surface area (Å²) in [7, 11) is 0. The SMILES string of the molecule is CCOc1ccc(-c2ncccc2C(=O)O)c(Cl)c1. The fourth-order valence-corrected chi connectivity index (χ4v) is 2.00. The second kappa shape index (κ2) is 5.71. The number of carboxylic acid groups (broad SMARTS) is 1. The molecule has 2 rings (SSSR count). The van der Waals surface area contributed by atoms with Crippen LogP contribution in [0.5, 0.6) is 5.75 Å². The van der Waals surface area contributed by atoms with E-state index in [1.807, 2.05) is 6.92 Å². The molecule has 0 spiro atoms. The number of aromatic nitrogens is 1. The van der Waals surface area contributed by atoms with Crippen molar-refractivity contribution in [2.45, 2.75) is 6.92 Å². The molecule has 0 saturated carbocycles. The number of pyridine rings is 1. The lowest BCUT2D eigenvalue weighted by Crippen LogP contribution is -2.01. The molecule has 1 N–H and O–H groups in total. The van der Waals surface area contributed by atoms with Gasteiger partial charge in [0.25, 0.3) is 0 Å². The number of halogens is 1. The molecule has 19 heavy (non-hydrogen) atoms. The normalized spacial score (nSPS) is 10.2. The summed E-state index contributed by atoms with van der Waals surface area (Å²) in [6, 6.07) is 8.18. The molecule has 0 atom stereocenters. The topological polar surface area (TPSA) is 59.4 Å². The van der Waals surface area contributed by atoms with E-state index >= 15 is 0 Å². The average molecular weight is 278 g/mol. The zero-order chi connectivity index (χ0) is 13.8. The van der Waals surface area contributed by atoms with Gasteiger partial charge in [-0.05, 0) is 37.3 Å². The molecule has 0 aliphatic carbocycles. The van der Waals surface area contributed by atoms with Gasteiger partial charge in [-0.2, -0.15) is 0 Å². The highest BCUT2D eigenvalue weighted by Gasteiger charge is 2.15. The maximum Gasteiger partial charge on any atom is 0.337 e. The first-order valence-corrected chi connectivity index (χ1v) is 6.12. The van der Waals surface area contributed by atoms with E-state index in [-0.39, 0.29) is 5.56 Å². The third-order valence-electron chi connectivity index (χ3n) is 2.54. The van der Waals surface area contributed by atoms with E-state index in [0.29, 0.717) is 28.6 Å². The van der Waals surface area contributed by atoms with Crippen molar-refractivity contribution < 1.29 is 14.6 Å². The van der Waals surface area contributed by atoms with Crippen LogP contribution in [0.4, 0.5) is 0 Å². The molecule has 1 heterocycles. The monoisotopic (exact) mass is 277 g/mol. The molecule has 0 radical (unpaired) electrons. The molecular weight excluding hydrogens is 266 g/mol. The molecule has 0 bridgehead atoms. The maximum atomic E-state index is 11.2. The molecule has 1 aromatic heterocycles. The number of hydrogen-bond donors (Lipinski definition) is 1. The van der Waals surface area contributed by atoms with Gasteiger partial charge in [0.05, 0.1) is 22.9 Å². The van der Waals surface area contributed by atoms with Gasteiger partial charge in [0, 0.05) is 11.8 Å². The highest BCUT2D eigenvalue weighted by atomic mass is 35.5. The fraction of sp³-hybridized carbons (Fsp3) is 0.143. The summed E-state index contributed by atoms with van der Waals surface area (Å²) in [6.07, 6.45) is 1.54. The van der Waals surface area contributed by atoms with E-state index in [1.165, 1.54) is 12.3 Å². The number of nitrogens with zero attached hydrogens (tertiary/aromatic N) is 1. The van der Waals surface area contributed by atoms with Crippen LogP contribution >= 0.6 is 11.6 Å². The van der Waals surface area contributed by atoms with E-state index in [4.69, 9.17) is 21.4 Å². The third kappa shape index (κ3) is 2.85. The van der Waals surface area contributed by atoms with Gasteiger partial charge in [0.15, 0.2) is 0 Å². The predicted molar refractivity (Wildman–Crippen MR) is 72.8 cm³/mol. The van der Waals surface area contributed by atoms with E-state index in [1.54, 1.807) is 24.3 Å². The van der Waals surface area contributed by atoms with Crippen LogP contribution in [-0.2, 0) is 0 Å². The van der Waals surface area contributed by atoms with Crippen LogP contribution in [0.25, 0.3) is 11.3 Å². The first-order chi connectivity index (χ1) is 9.13. The predicted octanol–water partition coefficient (Wildman–Crippen LogP) is 3.50. The summed E-state index contributed by atoms with van der Waals surface area (Å²) in [5.41, 5.74) is 1.04. The average Bonchev–Trinajstić information content (AvgIpc) is 2.39. The Morgan fingerprint density at radius 1 is 1.42 bits per heavy atom. The number of rotatable bonds is 4. The number of ether oxygens (including phenoxy) is 1. The zero-order valence-corrected chi connectivity index (χ0v) is 11.0. The molecule has 0 fully saturated rings. The van der Waals surface area contributed by atoms with Crippen LogP contribution in [0.3, 0.4) is 0 Å². The lowest BCUT2D eigenvalue weighted by molar-refractivity contribution is 0.0697. The van der Waals surface area contributed by atoms with Gasteiger partial charge in [-0.1, -0.05) is 11.6 Å². The van der Waals surface area contributed by atoms with Crippen LogP contribution in [0, 0.1) is 0 Å². The quantitative estimate of drug-likeness (QED) is 0.929. The molecule has 5 heteroatoms. The van der Waals surface area contributed by atoms with Crippen LogP contribution in [0.15, 0.2) is 36.5 Å². The van der Waals surface area contributed by atoms with Gasteiger partial charge in [-0.25, -0.2) is 4.79 Å². The van der Waals surface area contributed by atoms with Gasteiger partial charge >= 0.3 is 5.97 Å². The van der Waals surface area contributed by atoms with E-state index in [0.717, 1.165) is 0 Å². The molecule has 2 aromatic rings. The number of carboxylic acids is 1. The lowest BCUT2D eigenvalue weighted by atomic mass is 10.1. The Kier molecular flexibility index (Phi) is 4.02. The number of benzene rings is 1. The summed E-state index contributed by atoms with van der Waals surface area (Å²) >= 11 is 6.16. The van der Waals surface area contributed by atoms with E-state index in [2.05, 4.69) is 4.98 Å². The number of hydrogen-bond acceptors (Lipinski definition) is 3. The van der Waals surface area contributed by atoms with Crippen molar-refractivity contribution in [2.24, 2.45) is 0 Å². The second-order valence-corrected chi connectivity index (χ2v) is 4.19. The Labute approximate surface area is 115 Å². The molecule has 0 amide bonds. The molecule has 1 aromatic carbocycles. The van der Waals surface area contributed by atoms with Crippen molar-refractivity contribution in [3.8, 4) is 17.0 Å². The molecule has 0 saturated heterocycles. The van der Waals surface area contributed by atoms with Crippen molar-refractivity contribution in [2.75, 3.05) is 6.61 Å². The summed E-state index contributed by atoms with van der Waals surface area (Å²) in [5.74, 6) is -0.392. The van der Waals surface area contributed by atoms with Gasteiger partial charge in [0.1, 0.15) is 5.75 Å². The first-order valence-electron chi connectivity index (χ1n) is 5.74. The minimum Gasteiger partial charge on any atom is -0.494 e. The van der Waals surface area contributed by atoms with Gasteiger partial charge in [-0.3, -0.25) is 4.98 Å². The molecule has 0 aliphatic heterocycles. The molecular formula is C14H12ClNO3. The summed E-state index contributed by atoms with van der Waals surface area (Å²) in [4.78, 5) is 15.3. The van der Waals surface area contributed by atoms with Crippen LogP contribution in [0.2, 0.25) is 5.02 Å². The summed E-state index contributed by atoms with van der Waals surface area (Å²) in [6.45, 7) is 2.42. The summed E-state index contributed by atoms with van der Waals surface area (Å²) < 4.78 is 5.33. The van der Waals surface area contributed by atoms with Crippen molar-refractivity contribution in [1.82, 2.24) is 4.98 Å². The van der Waals surface area contributed by atoms with Crippen molar-refractivity contribution >= 4 is 17.6 Å². The second-order valence-electron chi connectivity index (χ2n) is 3.78. The molecule has 0 aliphatic rings. The number of carbonyl (C=O) groups is 1. The zero-order valence-electron chi connectivity index (χ0n) is 10.3. The Morgan fingerprint density at radius 2 is 2.21 bits per heavy atom. The first kappa shape index (κ1) is 13.4. The highest BCUT2D eigenvalue weighted by Crippen LogP contribution is 2.31. The van der Waals surface area contributed by atoms with Crippen LogP contribution < -0.4 is 4.74 Å². The third-order valence-corrected chi connectivity index (χ3v) is 2.86. The van der Waals surface area contributed by atoms with Crippen molar-refractivity contribution in [3.05, 3.63) is 47.1 Å². The lowest BCUT2D eigenvalue weighted by Gasteiger charge is -2.09. The number of aromatic carboxylic acids is 1. The van der Waals surface area contributed by atoms with E-state index < -0.39 is 5.97 Å². The van der Waals surface area contributed by atoms with E-state index in [9.17, 15) is 4.79 Å². The summed E-state index contributed by atoms with van der Waals surface area (Å²) in [5, 5.41) is 9.56. The standard InChI is InChI=1S/C14H12ClNO3/c1-2-19-9-5-6-10(12(15)8-9)13-11(14(17)18)4-3-7-16-13/h3-8H,2H2,1H3,(H,17,18). The van der Waals surface area contributed by atoms with Gasteiger partial charge in [0.2, 0.25) is 0 Å². The highest BCUT2D eigenvalue weighted by molar-refractivity contribution is 6.33. The Bertz CT molecular complexity index is 613. The van der Waals surface area contributed by atoms with Crippen molar-refractivity contribution in [3.63, 3.8) is 0 Å². The smallest absolute Gasteiger partial charge is 0.337 e. The van der Waals surface area contributed by atoms with Crippen LogP contribution in [-0.4, -0.2) is 22.7 Å². The Morgan fingerprint density at radius 3 is 2.84 bits per heavy atom. The minimum absolute atomic E-state index is 0.119. The Balaban J connectivity index is 2.50. The van der Waals surface area contributed by atoms with Gasteiger partial charge < -0.3 is 9.84 Å². The largest absolute Gasteiger partial charge is 0.494 e. The Hall–Kier alpha value is -2.07. The minimum atomic E-state index is -1.03. The maximum absolute atomic E-state index is 11.2. The molecule has 4 nitrogen and oxygen atoms in total. The van der Waals surface area contributed by atoms with Gasteiger partial charge in [-0.15, -0.1) is 0 Å². The fourth-order valence-electron chi connectivity index (χ4n) is 1.74. The van der Waals surface area contributed by atoms with Crippen LogP contribution in [0.1, 0.15) is 17.3 Å².